The Bertz CT molecular complexity index is 171. The van der Waals surface area contributed by atoms with Crippen LogP contribution in [-0.2, 0) is 0 Å². The van der Waals surface area contributed by atoms with E-state index in [4.69, 9.17) is 5.73 Å². The first-order valence-electron chi connectivity index (χ1n) is 5.98. The summed E-state index contributed by atoms with van der Waals surface area (Å²) in [5.41, 5.74) is 6.17. The maximum absolute atomic E-state index is 5.92. The molecule has 3 unspecified atom stereocenters. The fourth-order valence-electron chi connectivity index (χ4n) is 2.50. The molecule has 1 aliphatic heterocycles. The van der Waals surface area contributed by atoms with Gasteiger partial charge in [-0.1, -0.05) is 27.2 Å². The van der Waals surface area contributed by atoms with E-state index >= 15 is 0 Å². The third kappa shape index (κ3) is 2.29. The second kappa shape index (κ2) is 4.63. The van der Waals surface area contributed by atoms with E-state index in [1.54, 1.807) is 0 Å². The second-order valence-corrected chi connectivity index (χ2v) is 5.31. The van der Waals surface area contributed by atoms with E-state index in [-0.39, 0.29) is 5.54 Å². The number of likely N-dealkylation sites (tertiary alicyclic amines) is 1. The molecule has 0 aliphatic carbocycles. The molecule has 2 nitrogen and oxygen atoms in total. The summed E-state index contributed by atoms with van der Waals surface area (Å²) in [7, 11) is 0. The van der Waals surface area contributed by atoms with Gasteiger partial charge in [-0.25, -0.2) is 0 Å². The van der Waals surface area contributed by atoms with Gasteiger partial charge in [-0.2, -0.15) is 0 Å². The molecule has 2 heteroatoms. The Labute approximate surface area is 88.8 Å². The lowest BCUT2D eigenvalue weighted by atomic mass is 9.94. The van der Waals surface area contributed by atoms with Gasteiger partial charge in [-0.15, -0.1) is 0 Å². The van der Waals surface area contributed by atoms with Gasteiger partial charge in [0.2, 0.25) is 0 Å². The van der Waals surface area contributed by atoms with Gasteiger partial charge in [0, 0.05) is 25.2 Å². The van der Waals surface area contributed by atoms with Gasteiger partial charge in [0.25, 0.3) is 0 Å². The average Bonchev–Trinajstić information content (AvgIpc) is 2.48. The van der Waals surface area contributed by atoms with Gasteiger partial charge in [-0.05, 0) is 25.2 Å². The van der Waals surface area contributed by atoms with Gasteiger partial charge in [0.1, 0.15) is 0 Å². The lowest BCUT2D eigenvalue weighted by Crippen LogP contribution is -2.50. The molecule has 0 radical (unpaired) electrons. The molecule has 0 saturated carbocycles. The quantitative estimate of drug-likeness (QED) is 0.749. The summed E-state index contributed by atoms with van der Waals surface area (Å²) in [5, 5.41) is 0. The Morgan fingerprint density at radius 3 is 2.14 bits per heavy atom. The number of nitrogens with zero attached hydrogens (tertiary/aromatic N) is 1. The molecule has 84 valence electrons. The van der Waals surface area contributed by atoms with Crippen molar-refractivity contribution in [3.63, 3.8) is 0 Å². The smallest absolute Gasteiger partial charge is 0.0303 e. The molecule has 1 saturated heterocycles. The first-order chi connectivity index (χ1) is 6.53. The van der Waals surface area contributed by atoms with Crippen LogP contribution in [0.1, 0.15) is 40.5 Å². The van der Waals surface area contributed by atoms with E-state index in [9.17, 15) is 0 Å². The van der Waals surface area contributed by atoms with Crippen LogP contribution in [0, 0.1) is 11.8 Å². The molecule has 3 atom stereocenters. The monoisotopic (exact) mass is 198 g/mol. The van der Waals surface area contributed by atoms with Crippen LogP contribution in [0.2, 0.25) is 0 Å². The minimum Gasteiger partial charge on any atom is -0.329 e. The normalized spacial score (nSPS) is 33.2. The van der Waals surface area contributed by atoms with Crippen LogP contribution in [0.3, 0.4) is 0 Å². The highest BCUT2D eigenvalue weighted by molar-refractivity contribution is 4.92. The van der Waals surface area contributed by atoms with Crippen molar-refractivity contribution in [2.24, 2.45) is 17.6 Å². The molecular weight excluding hydrogens is 172 g/mol. The van der Waals surface area contributed by atoms with Crippen LogP contribution >= 0.6 is 0 Å². The lowest BCUT2D eigenvalue weighted by Gasteiger charge is -2.38. The van der Waals surface area contributed by atoms with Crippen molar-refractivity contribution >= 4 is 0 Å². The molecule has 1 heterocycles. The SMILES string of the molecule is CCCC(C)(CN)N1CC(C)C(C)C1. The Balaban J connectivity index is 2.62. The highest BCUT2D eigenvalue weighted by atomic mass is 15.2. The van der Waals surface area contributed by atoms with Gasteiger partial charge in [0.15, 0.2) is 0 Å². The van der Waals surface area contributed by atoms with Crippen LogP contribution < -0.4 is 5.73 Å². The predicted molar refractivity (Wildman–Crippen MR) is 62.3 cm³/mol. The molecule has 0 amide bonds. The Hall–Kier alpha value is -0.0800. The summed E-state index contributed by atoms with van der Waals surface area (Å²) < 4.78 is 0. The van der Waals surface area contributed by atoms with Gasteiger partial charge >= 0.3 is 0 Å². The number of hydrogen-bond acceptors (Lipinski definition) is 2. The minimum absolute atomic E-state index is 0.244. The number of nitrogens with two attached hydrogens (primary N) is 1. The molecule has 2 N–H and O–H groups in total. The van der Waals surface area contributed by atoms with Crippen molar-refractivity contribution in [3.8, 4) is 0 Å². The van der Waals surface area contributed by atoms with E-state index < -0.39 is 0 Å². The summed E-state index contributed by atoms with van der Waals surface area (Å²) in [6.07, 6.45) is 2.45. The fourth-order valence-corrected chi connectivity index (χ4v) is 2.50. The molecule has 1 aliphatic rings. The Morgan fingerprint density at radius 2 is 1.79 bits per heavy atom. The van der Waals surface area contributed by atoms with E-state index in [2.05, 4.69) is 32.6 Å². The molecule has 0 aromatic heterocycles. The average molecular weight is 198 g/mol. The van der Waals surface area contributed by atoms with E-state index in [1.165, 1.54) is 25.9 Å². The van der Waals surface area contributed by atoms with Gasteiger partial charge in [0.05, 0.1) is 0 Å². The molecule has 0 spiro atoms. The van der Waals surface area contributed by atoms with Crippen LogP contribution in [0.15, 0.2) is 0 Å². The molecular formula is C12H26N2. The second-order valence-electron chi connectivity index (χ2n) is 5.31. The van der Waals surface area contributed by atoms with Crippen LogP contribution in [-0.4, -0.2) is 30.1 Å². The molecule has 0 aromatic rings. The summed E-state index contributed by atoms with van der Waals surface area (Å²) in [6.45, 7) is 12.5. The predicted octanol–water partition coefficient (Wildman–Crippen LogP) is 2.09. The third-order valence-corrected chi connectivity index (χ3v) is 3.98. The van der Waals surface area contributed by atoms with Crippen LogP contribution in [0.25, 0.3) is 0 Å². The molecule has 1 fully saturated rings. The zero-order chi connectivity index (χ0) is 10.8. The van der Waals surface area contributed by atoms with Crippen LogP contribution in [0.5, 0.6) is 0 Å². The molecule has 0 bridgehead atoms. The summed E-state index contributed by atoms with van der Waals surface area (Å²) in [6, 6.07) is 0. The first kappa shape index (κ1) is 12.0. The molecule has 14 heavy (non-hydrogen) atoms. The lowest BCUT2D eigenvalue weighted by molar-refractivity contribution is 0.124. The van der Waals surface area contributed by atoms with Gasteiger partial charge in [-0.3, -0.25) is 4.90 Å². The summed E-state index contributed by atoms with van der Waals surface area (Å²) in [4.78, 5) is 2.60. The summed E-state index contributed by atoms with van der Waals surface area (Å²) >= 11 is 0. The third-order valence-electron chi connectivity index (χ3n) is 3.98. The Morgan fingerprint density at radius 1 is 1.29 bits per heavy atom. The van der Waals surface area contributed by atoms with Crippen molar-refractivity contribution in [1.82, 2.24) is 4.90 Å². The van der Waals surface area contributed by atoms with E-state index in [1.807, 2.05) is 0 Å². The van der Waals surface area contributed by atoms with Gasteiger partial charge < -0.3 is 5.73 Å². The number of hydrogen-bond donors (Lipinski definition) is 1. The topological polar surface area (TPSA) is 29.3 Å². The van der Waals surface area contributed by atoms with Crippen molar-refractivity contribution in [2.75, 3.05) is 19.6 Å². The van der Waals surface area contributed by atoms with E-state index in [0.717, 1.165) is 18.4 Å². The maximum atomic E-state index is 5.92. The summed E-state index contributed by atoms with van der Waals surface area (Å²) in [5.74, 6) is 1.66. The van der Waals surface area contributed by atoms with Crippen molar-refractivity contribution < 1.29 is 0 Å². The minimum atomic E-state index is 0.244. The fraction of sp³-hybridized carbons (Fsp3) is 1.00. The molecule has 0 aromatic carbocycles. The first-order valence-corrected chi connectivity index (χ1v) is 5.98. The van der Waals surface area contributed by atoms with Crippen molar-refractivity contribution in [1.29, 1.82) is 0 Å². The maximum Gasteiger partial charge on any atom is 0.0303 e. The molecule has 1 rings (SSSR count). The largest absolute Gasteiger partial charge is 0.329 e. The van der Waals surface area contributed by atoms with Crippen molar-refractivity contribution in [2.45, 2.75) is 46.1 Å². The Kier molecular flexibility index (Phi) is 3.96. The highest BCUT2D eigenvalue weighted by Gasteiger charge is 2.36. The zero-order valence-corrected chi connectivity index (χ0v) is 10.2. The van der Waals surface area contributed by atoms with Crippen LogP contribution in [0.4, 0.5) is 0 Å². The zero-order valence-electron chi connectivity index (χ0n) is 10.2. The number of rotatable bonds is 4. The highest BCUT2D eigenvalue weighted by Crippen LogP contribution is 2.30. The standard InChI is InChI=1S/C12H26N2/c1-5-6-12(4,9-13)14-7-10(2)11(3)8-14/h10-11H,5-9,13H2,1-4H3. The van der Waals surface area contributed by atoms with Crippen molar-refractivity contribution in [3.05, 3.63) is 0 Å². The van der Waals surface area contributed by atoms with E-state index in [0.29, 0.717) is 0 Å².